The van der Waals surface area contributed by atoms with Crippen LogP contribution >= 0.6 is 15.9 Å². The van der Waals surface area contributed by atoms with Gasteiger partial charge in [-0.1, -0.05) is 26.0 Å². The number of amides is 1. The number of rotatable bonds is 6. The lowest BCUT2D eigenvalue weighted by Crippen LogP contribution is -2.37. The van der Waals surface area contributed by atoms with Gasteiger partial charge in [-0.25, -0.2) is 0 Å². The lowest BCUT2D eigenvalue weighted by atomic mass is 9.95. The van der Waals surface area contributed by atoms with Crippen LogP contribution in [0.3, 0.4) is 0 Å². The Balaban J connectivity index is 2.37. The summed E-state index contributed by atoms with van der Waals surface area (Å²) in [6.45, 7) is 4.78. The lowest BCUT2D eigenvalue weighted by molar-refractivity contribution is -0.115. The average Bonchev–Trinajstić information content (AvgIpc) is 2.32. The van der Waals surface area contributed by atoms with Crippen LogP contribution < -0.4 is 10.6 Å². The van der Waals surface area contributed by atoms with E-state index in [0.717, 1.165) is 10.2 Å². The lowest BCUT2D eigenvalue weighted by Gasteiger charge is -2.21. The van der Waals surface area contributed by atoms with Crippen LogP contribution in [0.2, 0.25) is 0 Å². The van der Waals surface area contributed by atoms with E-state index in [0.29, 0.717) is 6.54 Å². The van der Waals surface area contributed by atoms with Gasteiger partial charge in [0.2, 0.25) is 5.91 Å². The van der Waals surface area contributed by atoms with Crippen molar-refractivity contribution in [2.24, 2.45) is 5.41 Å². The fraction of sp³-hybridized carbons (Fsp3) is 0.462. The Morgan fingerprint density at radius 1 is 1.39 bits per heavy atom. The SMILES string of the molecule is CC(C)(CO)CNCC(=O)Nc1ccccc1Br. The second kappa shape index (κ2) is 6.87. The third-order valence-corrected chi connectivity index (χ3v) is 3.16. The Hall–Kier alpha value is -0.910. The topological polar surface area (TPSA) is 61.4 Å². The van der Waals surface area contributed by atoms with Crippen molar-refractivity contribution in [3.05, 3.63) is 28.7 Å². The van der Waals surface area contributed by atoms with Crippen LogP contribution in [0, 0.1) is 5.41 Å². The van der Waals surface area contributed by atoms with Crippen molar-refractivity contribution in [3.63, 3.8) is 0 Å². The summed E-state index contributed by atoms with van der Waals surface area (Å²) in [5.74, 6) is -0.101. The summed E-state index contributed by atoms with van der Waals surface area (Å²) in [5, 5.41) is 14.9. The van der Waals surface area contributed by atoms with E-state index in [9.17, 15) is 4.79 Å². The number of carbonyl (C=O) groups is 1. The van der Waals surface area contributed by atoms with E-state index in [2.05, 4.69) is 26.6 Å². The van der Waals surface area contributed by atoms with Gasteiger partial charge in [-0.2, -0.15) is 0 Å². The summed E-state index contributed by atoms with van der Waals surface area (Å²) in [7, 11) is 0. The predicted molar refractivity (Wildman–Crippen MR) is 76.5 cm³/mol. The molecule has 1 aromatic carbocycles. The van der Waals surface area contributed by atoms with Gasteiger partial charge in [-0.3, -0.25) is 4.79 Å². The molecule has 0 unspecified atom stereocenters. The maximum Gasteiger partial charge on any atom is 0.238 e. The van der Waals surface area contributed by atoms with Crippen molar-refractivity contribution < 1.29 is 9.90 Å². The number of benzene rings is 1. The zero-order valence-electron chi connectivity index (χ0n) is 10.7. The summed E-state index contributed by atoms with van der Waals surface area (Å²) < 4.78 is 0.856. The first-order valence-electron chi connectivity index (χ1n) is 5.80. The molecular formula is C13H19BrN2O2. The summed E-state index contributed by atoms with van der Waals surface area (Å²) in [4.78, 5) is 11.7. The normalized spacial score (nSPS) is 11.3. The molecule has 0 saturated carbocycles. The predicted octanol–water partition coefficient (Wildman–Crippen LogP) is 2.00. The van der Waals surface area contributed by atoms with E-state index in [1.165, 1.54) is 0 Å². The minimum absolute atomic E-state index is 0.0891. The van der Waals surface area contributed by atoms with Crippen LogP contribution in [-0.4, -0.2) is 30.7 Å². The Labute approximate surface area is 116 Å². The van der Waals surface area contributed by atoms with Gasteiger partial charge < -0.3 is 15.7 Å². The van der Waals surface area contributed by atoms with E-state index in [-0.39, 0.29) is 24.5 Å². The van der Waals surface area contributed by atoms with Crippen LogP contribution in [-0.2, 0) is 4.79 Å². The highest BCUT2D eigenvalue weighted by molar-refractivity contribution is 9.10. The molecule has 4 nitrogen and oxygen atoms in total. The molecule has 0 aromatic heterocycles. The van der Waals surface area contributed by atoms with Crippen molar-refractivity contribution in [1.29, 1.82) is 0 Å². The molecule has 0 heterocycles. The number of aliphatic hydroxyl groups is 1. The quantitative estimate of drug-likeness (QED) is 0.752. The molecule has 1 amide bonds. The second-order valence-electron chi connectivity index (χ2n) is 4.95. The second-order valence-corrected chi connectivity index (χ2v) is 5.81. The molecule has 0 bridgehead atoms. The van der Waals surface area contributed by atoms with Gasteiger partial charge in [0.1, 0.15) is 0 Å². The molecule has 0 fully saturated rings. The van der Waals surface area contributed by atoms with E-state index >= 15 is 0 Å². The third-order valence-electron chi connectivity index (χ3n) is 2.47. The molecule has 0 radical (unpaired) electrons. The van der Waals surface area contributed by atoms with Crippen molar-refractivity contribution in [3.8, 4) is 0 Å². The summed E-state index contributed by atoms with van der Waals surface area (Å²) in [5.41, 5.74) is 0.541. The molecule has 3 N–H and O–H groups in total. The number of nitrogens with one attached hydrogen (secondary N) is 2. The molecule has 0 saturated heterocycles. The van der Waals surface area contributed by atoms with Gasteiger partial charge in [-0.15, -0.1) is 0 Å². The van der Waals surface area contributed by atoms with Crippen LogP contribution in [0.4, 0.5) is 5.69 Å². The number of anilines is 1. The molecule has 5 heteroatoms. The van der Waals surface area contributed by atoms with E-state index in [1.54, 1.807) is 0 Å². The van der Waals surface area contributed by atoms with Crippen molar-refractivity contribution >= 4 is 27.5 Å². The monoisotopic (exact) mass is 314 g/mol. The fourth-order valence-corrected chi connectivity index (χ4v) is 1.71. The first-order valence-corrected chi connectivity index (χ1v) is 6.60. The number of halogens is 1. The Bertz CT molecular complexity index is 408. The van der Waals surface area contributed by atoms with E-state index < -0.39 is 0 Å². The smallest absolute Gasteiger partial charge is 0.238 e. The molecule has 0 aliphatic rings. The molecule has 1 rings (SSSR count). The van der Waals surface area contributed by atoms with Gasteiger partial charge >= 0.3 is 0 Å². The van der Waals surface area contributed by atoms with E-state index in [1.807, 2.05) is 38.1 Å². The zero-order valence-corrected chi connectivity index (χ0v) is 12.3. The zero-order chi connectivity index (χ0) is 13.6. The molecule has 1 aromatic rings. The molecule has 100 valence electrons. The average molecular weight is 315 g/mol. The van der Waals surface area contributed by atoms with Gasteiger partial charge in [0.05, 0.1) is 12.2 Å². The molecule has 0 aliphatic heterocycles. The first-order chi connectivity index (χ1) is 8.44. The highest BCUT2D eigenvalue weighted by Crippen LogP contribution is 2.20. The molecular weight excluding hydrogens is 296 g/mol. The molecule has 0 spiro atoms. The van der Waals surface area contributed by atoms with E-state index in [4.69, 9.17) is 5.11 Å². The highest BCUT2D eigenvalue weighted by Gasteiger charge is 2.16. The van der Waals surface area contributed by atoms with Gasteiger partial charge in [0.15, 0.2) is 0 Å². The van der Waals surface area contributed by atoms with Gasteiger partial charge in [0, 0.05) is 23.0 Å². The summed E-state index contributed by atoms with van der Waals surface area (Å²) in [6.07, 6.45) is 0. The van der Waals surface area contributed by atoms with Crippen LogP contribution in [0.15, 0.2) is 28.7 Å². The van der Waals surface area contributed by atoms with Crippen molar-refractivity contribution in [1.82, 2.24) is 5.32 Å². The minimum atomic E-state index is -0.215. The maximum atomic E-state index is 11.7. The number of aliphatic hydroxyl groups excluding tert-OH is 1. The Morgan fingerprint density at radius 2 is 2.06 bits per heavy atom. The van der Waals surface area contributed by atoms with Crippen molar-refractivity contribution in [2.45, 2.75) is 13.8 Å². The first kappa shape index (κ1) is 15.1. The minimum Gasteiger partial charge on any atom is -0.396 e. The number of carbonyl (C=O) groups excluding carboxylic acids is 1. The van der Waals surface area contributed by atoms with Crippen molar-refractivity contribution in [2.75, 3.05) is 25.0 Å². The number of hydrogen-bond acceptors (Lipinski definition) is 3. The fourth-order valence-electron chi connectivity index (χ4n) is 1.33. The third kappa shape index (κ3) is 5.16. The Kier molecular flexibility index (Phi) is 5.78. The largest absolute Gasteiger partial charge is 0.396 e. The van der Waals surface area contributed by atoms with Gasteiger partial charge in [-0.05, 0) is 28.1 Å². The van der Waals surface area contributed by atoms with Gasteiger partial charge in [0.25, 0.3) is 0 Å². The molecule has 18 heavy (non-hydrogen) atoms. The number of para-hydroxylation sites is 1. The maximum absolute atomic E-state index is 11.7. The Morgan fingerprint density at radius 3 is 2.67 bits per heavy atom. The van der Waals surface area contributed by atoms with Crippen LogP contribution in [0.25, 0.3) is 0 Å². The number of hydrogen-bond donors (Lipinski definition) is 3. The summed E-state index contributed by atoms with van der Waals surface area (Å²) in [6, 6.07) is 7.46. The molecule has 0 aliphatic carbocycles. The van der Waals surface area contributed by atoms with Crippen LogP contribution in [0.1, 0.15) is 13.8 Å². The summed E-state index contributed by atoms with van der Waals surface area (Å²) >= 11 is 3.37. The van der Waals surface area contributed by atoms with Crippen LogP contribution in [0.5, 0.6) is 0 Å². The highest BCUT2D eigenvalue weighted by atomic mass is 79.9. The standard InChI is InChI=1S/C13H19BrN2O2/c1-13(2,9-17)8-15-7-12(18)16-11-6-4-3-5-10(11)14/h3-6,15,17H,7-9H2,1-2H3,(H,16,18). The molecule has 0 atom stereocenters.